The molecule has 2 N–H and O–H groups in total. The van der Waals surface area contributed by atoms with Gasteiger partial charge in [0.15, 0.2) is 0 Å². The lowest BCUT2D eigenvalue weighted by molar-refractivity contribution is -0.118. The maximum absolute atomic E-state index is 13.0. The second-order valence-electron chi connectivity index (χ2n) is 7.34. The smallest absolute Gasteiger partial charge is 0.274 e. The van der Waals surface area contributed by atoms with Crippen molar-refractivity contribution in [3.05, 3.63) is 64.3 Å². The summed E-state index contributed by atoms with van der Waals surface area (Å²) in [5.41, 5.74) is 1.02. The monoisotopic (exact) mass is 391 g/mol. The Balaban J connectivity index is 0.00000210. The number of rotatable bonds is 4. The lowest BCUT2D eigenvalue weighted by atomic mass is 9.92. The van der Waals surface area contributed by atoms with Crippen LogP contribution in [0.3, 0.4) is 0 Å². The first-order chi connectivity index (χ1) is 12.6. The van der Waals surface area contributed by atoms with E-state index in [4.69, 9.17) is 0 Å². The van der Waals surface area contributed by atoms with Gasteiger partial charge in [-0.05, 0) is 67.6 Å². The summed E-state index contributed by atoms with van der Waals surface area (Å²) in [6.45, 7) is 2.25. The second-order valence-corrected chi connectivity index (χ2v) is 7.34. The molecule has 1 saturated heterocycles. The number of amides is 1. The van der Waals surface area contributed by atoms with Crippen LogP contribution in [0.1, 0.15) is 24.8 Å². The van der Waals surface area contributed by atoms with E-state index in [0.29, 0.717) is 12.2 Å². The molecule has 1 aliphatic heterocycles. The maximum atomic E-state index is 13.0. The third kappa shape index (κ3) is 4.06. The zero-order valence-corrected chi connectivity index (χ0v) is 15.7. The van der Waals surface area contributed by atoms with Crippen molar-refractivity contribution < 1.29 is 9.18 Å². The SMILES string of the molecule is Cl.O=C(Nc1cccn(Cc2ccc(F)cc2)c1=O)C1CC12CCNCC2. The summed E-state index contributed by atoms with van der Waals surface area (Å²) in [5.74, 6) is -0.350. The van der Waals surface area contributed by atoms with Crippen LogP contribution in [-0.2, 0) is 11.3 Å². The maximum Gasteiger partial charge on any atom is 0.274 e. The molecular formula is C20H23ClFN3O2. The Labute approximate surface area is 163 Å². The molecule has 2 aromatic rings. The van der Waals surface area contributed by atoms with Crippen LogP contribution in [0, 0.1) is 17.2 Å². The van der Waals surface area contributed by atoms with Crippen molar-refractivity contribution in [3.63, 3.8) is 0 Å². The summed E-state index contributed by atoms with van der Waals surface area (Å²) >= 11 is 0. The number of halogens is 2. The van der Waals surface area contributed by atoms with Crippen molar-refractivity contribution in [3.8, 4) is 0 Å². The number of hydrogen-bond donors (Lipinski definition) is 2. The number of pyridine rings is 1. The van der Waals surface area contributed by atoms with E-state index < -0.39 is 0 Å². The Morgan fingerprint density at radius 3 is 2.63 bits per heavy atom. The molecule has 4 rings (SSSR count). The van der Waals surface area contributed by atoms with Gasteiger partial charge in [0.2, 0.25) is 5.91 Å². The lowest BCUT2D eigenvalue weighted by Gasteiger charge is -2.23. The van der Waals surface area contributed by atoms with Crippen molar-refractivity contribution in [2.45, 2.75) is 25.8 Å². The summed E-state index contributed by atoms with van der Waals surface area (Å²) in [4.78, 5) is 25.2. The molecule has 7 heteroatoms. The summed E-state index contributed by atoms with van der Waals surface area (Å²) in [6.07, 6.45) is 4.63. The van der Waals surface area contributed by atoms with Crippen molar-refractivity contribution in [2.75, 3.05) is 18.4 Å². The largest absolute Gasteiger partial charge is 0.321 e. The Morgan fingerprint density at radius 1 is 1.22 bits per heavy atom. The van der Waals surface area contributed by atoms with Gasteiger partial charge in [0.05, 0.1) is 6.54 Å². The fourth-order valence-electron chi connectivity index (χ4n) is 3.96. The molecule has 0 bridgehead atoms. The van der Waals surface area contributed by atoms with Gasteiger partial charge in [-0.3, -0.25) is 9.59 Å². The molecule has 1 amide bonds. The molecule has 27 heavy (non-hydrogen) atoms. The highest BCUT2D eigenvalue weighted by molar-refractivity contribution is 5.95. The number of anilines is 1. The number of hydrogen-bond acceptors (Lipinski definition) is 3. The number of carbonyl (C=O) groups excluding carboxylic acids is 1. The standard InChI is InChI=1S/C20H22FN3O2.ClH/c21-15-5-3-14(4-6-15)13-24-11-1-2-17(19(24)26)23-18(25)16-12-20(16)7-9-22-10-8-20;/h1-6,11,16,22H,7-10,12-13H2,(H,23,25);1H. The predicted molar refractivity (Wildman–Crippen MR) is 105 cm³/mol. The fourth-order valence-corrected chi connectivity index (χ4v) is 3.96. The molecule has 5 nitrogen and oxygen atoms in total. The summed E-state index contributed by atoms with van der Waals surface area (Å²) in [6, 6.07) is 9.43. The van der Waals surface area contributed by atoms with Crippen LogP contribution < -0.4 is 16.2 Å². The van der Waals surface area contributed by atoms with E-state index >= 15 is 0 Å². The minimum atomic E-state index is -0.307. The average Bonchev–Trinajstić information content (AvgIpc) is 3.34. The lowest BCUT2D eigenvalue weighted by Crippen LogP contribution is -2.32. The zero-order valence-electron chi connectivity index (χ0n) is 14.9. The van der Waals surface area contributed by atoms with E-state index in [-0.39, 0.29) is 41.0 Å². The number of aromatic nitrogens is 1. The topological polar surface area (TPSA) is 63.1 Å². The molecular weight excluding hydrogens is 369 g/mol. The highest BCUT2D eigenvalue weighted by Gasteiger charge is 2.57. The molecule has 1 unspecified atom stereocenters. The first-order valence-electron chi connectivity index (χ1n) is 9.03. The molecule has 144 valence electrons. The summed E-state index contributed by atoms with van der Waals surface area (Å²) in [7, 11) is 0. The molecule has 2 heterocycles. The Bertz CT molecular complexity index is 876. The third-order valence-electron chi connectivity index (χ3n) is 5.65. The normalized spacial score (nSPS) is 20.0. The highest BCUT2D eigenvalue weighted by Crippen LogP contribution is 2.58. The first kappa shape index (κ1) is 19.6. The van der Waals surface area contributed by atoms with Gasteiger partial charge >= 0.3 is 0 Å². The van der Waals surface area contributed by atoms with Crippen molar-refractivity contribution in [2.24, 2.45) is 11.3 Å². The molecule has 1 aliphatic carbocycles. The van der Waals surface area contributed by atoms with Gasteiger partial charge < -0.3 is 15.2 Å². The Kier molecular flexibility index (Phi) is 5.67. The zero-order chi connectivity index (χ0) is 18.1. The average molecular weight is 392 g/mol. The minimum absolute atomic E-state index is 0. The number of carbonyl (C=O) groups is 1. The first-order valence-corrected chi connectivity index (χ1v) is 9.03. The number of nitrogens with one attached hydrogen (secondary N) is 2. The summed E-state index contributed by atoms with van der Waals surface area (Å²) < 4.78 is 14.5. The van der Waals surface area contributed by atoms with Gasteiger partial charge in [0.1, 0.15) is 11.5 Å². The minimum Gasteiger partial charge on any atom is -0.321 e. The van der Waals surface area contributed by atoms with Crippen LogP contribution in [0.5, 0.6) is 0 Å². The molecule has 1 saturated carbocycles. The van der Waals surface area contributed by atoms with Gasteiger partial charge in [-0.25, -0.2) is 4.39 Å². The van der Waals surface area contributed by atoms with Crippen LogP contribution in [0.2, 0.25) is 0 Å². The van der Waals surface area contributed by atoms with E-state index in [0.717, 1.165) is 37.9 Å². The van der Waals surface area contributed by atoms with E-state index in [2.05, 4.69) is 10.6 Å². The molecule has 1 atom stereocenters. The van der Waals surface area contributed by atoms with Crippen LogP contribution in [-0.4, -0.2) is 23.6 Å². The van der Waals surface area contributed by atoms with Gasteiger partial charge in [-0.15, -0.1) is 12.4 Å². The van der Waals surface area contributed by atoms with Gasteiger partial charge in [-0.1, -0.05) is 12.1 Å². The molecule has 2 aliphatic rings. The van der Waals surface area contributed by atoms with Gasteiger partial charge in [-0.2, -0.15) is 0 Å². The predicted octanol–water partition coefficient (Wildman–Crippen LogP) is 2.79. The van der Waals surface area contributed by atoms with E-state index in [1.807, 2.05) is 0 Å². The quantitative estimate of drug-likeness (QED) is 0.842. The number of nitrogens with zero attached hydrogens (tertiary/aromatic N) is 1. The number of benzene rings is 1. The van der Waals surface area contributed by atoms with Crippen molar-refractivity contribution in [1.29, 1.82) is 0 Å². The van der Waals surface area contributed by atoms with E-state index in [1.54, 1.807) is 30.5 Å². The highest BCUT2D eigenvalue weighted by atomic mass is 35.5. The molecule has 2 fully saturated rings. The molecule has 1 aromatic heterocycles. The van der Waals surface area contributed by atoms with Gasteiger partial charge in [0, 0.05) is 12.1 Å². The third-order valence-corrected chi connectivity index (χ3v) is 5.65. The molecule has 1 spiro atoms. The molecule has 0 radical (unpaired) electrons. The number of piperidine rings is 1. The van der Waals surface area contributed by atoms with Crippen molar-refractivity contribution >= 4 is 24.0 Å². The second kappa shape index (κ2) is 7.82. The summed E-state index contributed by atoms with van der Waals surface area (Å²) in [5, 5.41) is 6.15. The van der Waals surface area contributed by atoms with Crippen LogP contribution >= 0.6 is 12.4 Å². The molecule has 1 aromatic carbocycles. The van der Waals surface area contributed by atoms with Gasteiger partial charge in [0.25, 0.3) is 5.56 Å². The fraction of sp³-hybridized carbons (Fsp3) is 0.400. The Morgan fingerprint density at radius 2 is 1.93 bits per heavy atom. The van der Waals surface area contributed by atoms with Crippen LogP contribution in [0.4, 0.5) is 10.1 Å². The van der Waals surface area contributed by atoms with E-state index in [1.165, 1.54) is 16.7 Å². The van der Waals surface area contributed by atoms with E-state index in [9.17, 15) is 14.0 Å². The van der Waals surface area contributed by atoms with Crippen molar-refractivity contribution in [1.82, 2.24) is 9.88 Å². The Hall–Kier alpha value is -2.18. The van der Waals surface area contributed by atoms with Crippen LogP contribution in [0.25, 0.3) is 0 Å². The van der Waals surface area contributed by atoms with Crippen LogP contribution in [0.15, 0.2) is 47.4 Å².